The number of rotatable bonds is 6. The Morgan fingerprint density at radius 1 is 1.58 bits per heavy atom. The first-order valence-corrected chi connectivity index (χ1v) is 7.39. The van der Waals surface area contributed by atoms with Crippen LogP contribution in [0.1, 0.15) is 19.8 Å². The Bertz CT molecular complexity index is 465. The van der Waals surface area contributed by atoms with Crippen LogP contribution in [-0.2, 0) is 9.53 Å². The summed E-state index contributed by atoms with van der Waals surface area (Å²) in [6, 6.07) is 6.30. The Morgan fingerprint density at radius 3 is 2.89 bits per heavy atom. The molecule has 1 aliphatic rings. The van der Waals surface area contributed by atoms with Crippen LogP contribution in [0.4, 0.5) is 4.39 Å². The molecule has 19 heavy (non-hydrogen) atoms. The summed E-state index contributed by atoms with van der Waals surface area (Å²) in [5.41, 5.74) is 5.28. The number of carbonyl (C=O) groups is 1. The van der Waals surface area contributed by atoms with Gasteiger partial charge in [-0.25, -0.2) is 4.39 Å². The van der Waals surface area contributed by atoms with Crippen molar-refractivity contribution in [3.05, 3.63) is 30.1 Å². The molecule has 0 radical (unpaired) electrons. The van der Waals surface area contributed by atoms with Gasteiger partial charge in [0.25, 0.3) is 0 Å². The van der Waals surface area contributed by atoms with E-state index < -0.39 is 5.54 Å². The summed E-state index contributed by atoms with van der Waals surface area (Å²) >= 11 is 1.40. The second-order valence-corrected chi connectivity index (χ2v) is 5.83. The SMILES string of the molecule is CCOC(=O)C(N)(CSc1cccc(F)c1)C1CC1. The summed E-state index contributed by atoms with van der Waals surface area (Å²) in [6.07, 6.45) is 1.91. The van der Waals surface area contributed by atoms with Gasteiger partial charge in [-0.1, -0.05) is 6.07 Å². The molecule has 0 amide bonds. The molecule has 3 nitrogen and oxygen atoms in total. The van der Waals surface area contributed by atoms with Gasteiger partial charge in [0.05, 0.1) is 6.61 Å². The van der Waals surface area contributed by atoms with Crippen LogP contribution < -0.4 is 5.73 Å². The van der Waals surface area contributed by atoms with Crippen molar-refractivity contribution in [2.24, 2.45) is 11.7 Å². The van der Waals surface area contributed by atoms with Crippen LogP contribution in [0.5, 0.6) is 0 Å². The maximum Gasteiger partial charge on any atom is 0.327 e. The first kappa shape index (κ1) is 14.3. The molecule has 2 N–H and O–H groups in total. The highest BCUT2D eigenvalue weighted by atomic mass is 32.2. The van der Waals surface area contributed by atoms with Gasteiger partial charge in [0.1, 0.15) is 11.4 Å². The second kappa shape index (κ2) is 5.92. The standard InChI is InChI=1S/C14H18FNO2S/c1-2-18-13(17)14(16,10-6-7-10)9-19-12-5-3-4-11(15)8-12/h3-5,8,10H,2,6-7,9,16H2,1H3. The molecule has 1 unspecified atom stereocenters. The minimum atomic E-state index is -0.951. The number of ether oxygens (including phenoxy) is 1. The van der Waals surface area contributed by atoms with Crippen LogP contribution in [-0.4, -0.2) is 23.9 Å². The van der Waals surface area contributed by atoms with E-state index in [0.29, 0.717) is 12.4 Å². The fraction of sp³-hybridized carbons (Fsp3) is 0.500. The minimum absolute atomic E-state index is 0.188. The first-order valence-electron chi connectivity index (χ1n) is 6.40. The summed E-state index contributed by atoms with van der Waals surface area (Å²) in [6.45, 7) is 2.10. The van der Waals surface area contributed by atoms with E-state index in [-0.39, 0.29) is 17.7 Å². The van der Waals surface area contributed by atoms with Gasteiger partial charge in [0.2, 0.25) is 0 Å². The summed E-state index contributed by atoms with van der Waals surface area (Å²) < 4.78 is 18.2. The van der Waals surface area contributed by atoms with Gasteiger partial charge in [-0.05, 0) is 43.9 Å². The van der Waals surface area contributed by atoms with Gasteiger partial charge in [-0.15, -0.1) is 11.8 Å². The number of thioether (sulfide) groups is 1. The summed E-state index contributed by atoms with van der Waals surface area (Å²) in [5, 5.41) is 0. The molecule has 0 saturated heterocycles. The third-order valence-electron chi connectivity index (χ3n) is 3.24. The maximum absolute atomic E-state index is 13.1. The van der Waals surface area contributed by atoms with Gasteiger partial charge >= 0.3 is 5.97 Å². The third-order valence-corrected chi connectivity index (χ3v) is 4.44. The molecule has 1 aromatic carbocycles. The average Bonchev–Trinajstić information content (AvgIpc) is 3.21. The largest absolute Gasteiger partial charge is 0.465 e. The lowest BCUT2D eigenvalue weighted by atomic mass is 9.97. The topological polar surface area (TPSA) is 52.3 Å². The van der Waals surface area contributed by atoms with Crippen molar-refractivity contribution in [2.45, 2.75) is 30.2 Å². The highest BCUT2D eigenvalue weighted by Gasteiger charge is 2.49. The lowest BCUT2D eigenvalue weighted by Gasteiger charge is -2.26. The van der Waals surface area contributed by atoms with Crippen molar-refractivity contribution in [2.75, 3.05) is 12.4 Å². The Balaban J connectivity index is 2.03. The summed E-state index contributed by atoms with van der Waals surface area (Å²) in [7, 11) is 0. The average molecular weight is 283 g/mol. The molecule has 0 spiro atoms. The second-order valence-electron chi connectivity index (χ2n) is 4.78. The van der Waals surface area contributed by atoms with Gasteiger partial charge < -0.3 is 10.5 Å². The predicted molar refractivity (Wildman–Crippen MR) is 73.4 cm³/mol. The quantitative estimate of drug-likeness (QED) is 0.644. The van der Waals surface area contributed by atoms with E-state index in [0.717, 1.165) is 17.7 Å². The Kier molecular flexibility index (Phi) is 4.47. The van der Waals surface area contributed by atoms with E-state index in [1.807, 2.05) is 6.07 Å². The molecule has 0 bridgehead atoms. The molecular formula is C14H18FNO2S. The maximum atomic E-state index is 13.1. The van der Waals surface area contributed by atoms with Crippen LogP contribution in [0.3, 0.4) is 0 Å². The summed E-state index contributed by atoms with van der Waals surface area (Å²) in [5.74, 6) is -0.0239. The number of benzene rings is 1. The molecule has 1 aliphatic carbocycles. The molecular weight excluding hydrogens is 265 g/mol. The van der Waals surface area contributed by atoms with Crippen molar-refractivity contribution in [3.8, 4) is 0 Å². The first-order chi connectivity index (χ1) is 9.06. The number of hydrogen-bond donors (Lipinski definition) is 1. The Labute approximate surface area is 116 Å². The molecule has 1 saturated carbocycles. The third kappa shape index (κ3) is 3.48. The van der Waals surface area contributed by atoms with E-state index in [1.54, 1.807) is 13.0 Å². The Hall–Kier alpha value is -1.07. The van der Waals surface area contributed by atoms with Crippen LogP contribution in [0.2, 0.25) is 0 Å². The zero-order chi connectivity index (χ0) is 13.9. The molecule has 104 valence electrons. The van der Waals surface area contributed by atoms with E-state index in [2.05, 4.69) is 0 Å². The van der Waals surface area contributed by atoms with Gasteiger partial charge in [-0.2, -0.15) is 0 Å². The monoisotopic (exact) mass is 283 g/mol. The number of esters is 1. The van der Waals surface area contributed by atoms with Gasteiger partial charge in [0.15, 0.2) is 0 Å². The number of hydrogen-bond acceptors (Lipinski definition) is 4. The zero-order valence-corrected chi connectivity index (χ0v) is 11.7. The molecule has 1 aromatic rings. The number of halogens is 1. The van der Waals surface area contributed by atoms with Crippen molar-refractivity contribution in [1.29, 1.82) is 0 Å². The molecule has 1 fully saturated rings. The van der Waals surface area contributed by atoms with E-state index >= 15 is 0 Å². The van der Waals surface area contributed by atoms with Crippen LogP contribution in [0, 0.1) is 11.7 Å². The highest BCUT2D eigenvalue weighted by Crippen LogP contribution is 2.41. The molecule has 0 aliphatic heterocycles. The number of carbonyl (C=O) groups excluding carboxylic acids is 1. The van der Waals surface area contributed by atoms with E-state index in [1.165, 1.54) is 23.9 Å². The number of nitrogens with two attached hydrogens (primary N) is 1. The van der Waals surface area contributed by atoms with Crippen LogP contribution >= 0.6 is 11.8 Å². The molecule has 5 heteroatoms. The van der Waals surface area contributed by atoms with Crippen LogP contribution in [0.25, 0.3) is 0 Å². The van der Waals surface area contributed by atoms with Crippen molar-refractivity contribution < 1.29 is 13.9 Å². The Morgan fingerprint density at radius 2 is 2.32 bits per heavy atom. The fourth-order valence-corrected chi connectivity index (χ4v) is 3.10. The fourth-order valence-electron chi connectivity index (χ4n) is 1.97. The van der Waals surface area contributed by atoms with Gasteiger partial charge in [-0.3, -0.25) is 4.79 Å². The molecule has 2 rings (SSSR count). The highest BCUT2D eigenvalue weighted by molar-refractivity contribution is 7.99. The summed E-state index contributed by atoms with van der Waals surface area (Å²) in [4.78, 5) is 12.8. The normalized spacial score (nSPS) is 17.8. The van der Waals surface area contributed by atoms with Crippen molar-refractivity contribution in [1.82, 2.24) is 0 Å². The van der Waals surface area contributed by atoms with Crippen molar-refractivity contribution in [3.63, 3.8) is 0 Å². The van der Waals surface area contributed by atoms with E-state index in [4.69, 9.17) is 10.5 Å². The minimum Gasteiger partial charge on any atom is -0.465 e. The van der Waals surface area contributed by atoms with Crippen molar-refractivity contribution >= 4 is 17.7 Å². The molecule has 1 atom stereocenters. The predicted octanol–water partition coefficient (Wildman–Crippen LogP) is 2.59. The van der Waals surface area contributed by atoms with E-state index in [9.17, 15) is 9.18 Å². The molecule has 0 heterocycles. The van der Waals surface area contributed by atoms with Gasteiger partial charge in [0, 0.05) is 10.6 Å². The zero-order valence-electron chi connectivity index (χ0n) is 10.9. The lowest BCUT2D eigenvalue weighted by molar-refractivity contribution is -0.149. The lowest BCUT2D eigenvalue weighted by Crippen LogP contribution is -2.53. The van der Waals surface area contributed by atoms with Crippen LogP contribution in [0.15, 0.2) is 29.2 Å². The molecule has 0 aromatic heterocycles. The smallest absolute Gasteiger partial charge is 0.327 e.